The molecule has 7 heteroatoms. The van der Waals surface area contributed by atoms with E-state index in [4.69, 9.17) is 9.97 Å². The van der Waals surface area contributed by atoms with Crippen LogP contribution in [0.1, 0.15) is 17.1 Å². The van der Waals surface area contributed by atoms with Crippen molar-refractivity contribution in [1.82, 2.24) is 30.2 Å². The lowest BCUT2D eigenvalue weighted by Crippen LogP contribution is -2.27. The molecule has 1 aliphatic rings. The minimum atomic E-state index is 0.732. The van der Waals surface area contributed by atoms with Crippen molar-refractivity contribution in [2.24, 2.45) is 0 Å². The summed E-state index contributed by atoms with van der Waals surface area (Å²) < 4.78 is 0. The van der Waals surface area contributed by atoms with Gasteiger partial charge in [0.05, 0.1) is 16.7 Å². The summed E-state index contributed by atoms with van der Waals surface area (Å²) in [5.41, 5.74) is 5.33. The molecule has 0 spiro atoms. The molecule has 0 amide bonds. The number of imidazole rings is 1. The molecule has 0 radical (unpaired) electrons. The number of pyridine rings is 1. The fraction of sp³-hybridized carbons (Fsp3) is 0.238. The van der Waals surface area contributed by atoms with Crippen LogP contribution >= 0.6 is 0 Å². The normalized spacial score (nSPS) is 13.4. The van der Waals surface area contributed by atoms with Crippen LogP contribution in [0.2, 0.25) is 0 Å². The van der Waals surface area contributed by atoms with Crippen molar-refractivity contribution in [2.75, 3.05) is 18.4 Å². The van der Waals surface area contributed by atoms with Gasteiger partial charge in [-0.3, -0.25) is 4.98 Å². The van der Waals surface area contributed by atoms with Gasteiger partial charge >= 0.3 is 0 Å². The molecule has 1 aliphatic heterocycles. The lowest BCUT2D eigenvalue weighted by Gasteiger charge is -2.20. The number of para-hydroxylation sites is 2. The van der Waals surface area contributed by atoms with E-state index in [9.17, 15) is 0 Å². The first kappa shape index (κ1) is 16.8. The van der Waals surface area contributed by atoms with Crippen LogP contribution < -0.4 is 10.6 Å². The van der Waals surface area contributed by atoms with Gasteiger partial charge in [-0.15, -0.1) is 0 Å². The van der Waals surface area contributed by atoms with Crippen LogP contribution in [0.5, 0.6) is 0 Å². The zero-order valence-electron chi connectivity index (χ0n) is 15.4. The smallest absolute Gasteiger partial charge is 0.161 e. The topological polar surface area (TPSA) is 91.4 Å². The van der Waals surface area contributed by atoms with Gasteiger partial charge in [0.25, 0.3) is 0 Å². The van der Waals surface area contributed by atoms with E-state index >= 15 is 0 Å². The molecule has 0 aliphatic carbocycles. The molecule has 0 saturated heterocycles. The summed E-state index contributed by atoms with van der Waals surface area (Å²) in [5.74, 6) is 2.64. The van der Waals surface area contributed by atoms with E-state index in [0.29, 0.717) is 0 Å². The van der Waals surface area contributed by atoms with Gasteiger partial charge in [0.2, 0.25) is 0 Å². The Morgan fingerprint density at radius 1 is 1.00 bits per heavy atom. The molecule has 0 bridgehead atoms. The fourth-order valence-corrected chi connectivity index (χ4v) is 3.56. The first-order chi connectivity index (χ1) is 13.9. The largest absolute Gasteiger partial charge is 0.369 e. The maximum Gasteiger partial charge on any atom is 0.161 e. The predicted molar refractivity (Wildman–Crippen MR) is 109 cm³/mol. The van der Waals surface area contributed by atoms with Crippen molar-refractivity contribution in [1.29, 1.82) is 0 Å². The highest BCUT2D eigenvalue weighted by molar-refractivity contribution is 5.74. The third kappa shape index (κ3) is 3.32. The molecular formula is C21H21N7. The highest BCUT2D eigenvalue weighted by atomic mass is 15.1. The summed E-state index contributed by atoms with van der Waals surface area (Å²) >= 11 is 0. The van der Waals surface area contributed by atoms with E-state index in [1.165, 1.54) is 5.56 Å². The number of aromatic amines is 1. The molecule has 140 valence electrons. The van der Waals surface area contributed by atoms with Gasteiger partial charge in [0.15, 0.2) is 5.82 Å². The van der Waals surface area contributed by atoms with E-state index in [0.717, 1.165) is 72.2 Å². The van der Waals surface area contributed by atoms with Crippen LogP contribution in [-0.2, 0) is 19.4 Å². The highest BCUT2D eigenvalue weighted by Crippen LogP contribution is 2.24. The van der Waals surface area contributed by atoms with Crippen LogP contribution in [0.4, 0.5) is 5.82 Å². The molecule has 1 aromatic carbocycles. The lowest BCUT2D eigenvalue weighted by molar-refractivity contribution is 0.625. The lowest BCUT2D eigenvalue weighted by atomic mass is 10.1. The molecule has 4 heterocycles. The number of H-pyrrole nitrogens is 1. The maximum atomic E-state index is 4.82. The van der Waals surface area contributed by atoms with Crippen molar-refractivity contribution in [2.45, 2.75) is 19.4 Å². The molecule has 3 aromatic heterocycles. The minimum Gasteiger partial charge on any atom is -0.369 e. The summed E-state index contributed by atoms with van der Waals surface area (Å²) in [6.45, 7) is 2.48. The molecule has 4 aromatic rings. The number of benzene rings is 1. The van der Waals surface area contributed by atoms with E-state index in [1.807, 2.05) is 36.4 Å². The molecule has 5 rings (SSSR count). The summed E-state index contributed by atoms with van der Waals surface area (Å²) in [4.78, 5) is 21.7. The van der Waals surface area contributed by atoms with Gasteiger partial charge < -0.3 is 15.6 Å². The summed E-state index contributed by atoms with van der Waals surface area (Å²) in [6.07, 6.45) is 5.27. The first-order valence-electron chi connectivity index (χ1n) is 9.55. The van der Waals surface area contributed by atoms with Crippen LogP contribution in [0.3, 0.4) is 0 Å². The second-order valence-corrected chi connectivity index (χ2v) is 6.86. The predicted octanol–water partition coefficient (Wildman–Crippen LogP) is 2.72. The fourth-order valence-electron chi connectivity index (χ4n) is 3.56. The SMILES string of the molecule is c1ccc2[nH]c(CCNc3nc(-c4ccncc4)nc4c3CCNC4)nc2c1. The Morgan fingerprint density at radius 2 is 1.89 bits per heavy atom. The third-order valence-corrected chi connectivity index (χ3v) is 4.97. The molecule has 7 nitrogen and oxygen atoms in total. The zero-order chi connectivity index (χ0) is 18.8. The van der Waals surface area contributed by atoms with Crippen molar-refractivity contribution < 1.29 is 0 Å². The Hall–Kier alpha value is -3.32. The standard InChI is InChI=1S/C21H21N7/c1-2-4-17-16(3-1)25-19(26-17)8-12-24-21-15-7-11-23-13-18(15)27-20(28-21)14-5-9-22-10-6-14/h1-6,9-10,23H,7-8,11-13H2,(H,25,26)(H,24,27,28). The van der Waals surface area contributed by atoms with Crippen LogP contribution in [0, 0.1) is 0 Å². The quantitative estimate of drug-likeness (QED) is 0.500. The summed E-state index contributed by atoms with van der Waals surface area (Å²) in [6, 6.07) is 12.0. The van der Waals surface area contributed by atoms with E-state index < -0.39 is 0 Å². The van der Waals surface area contributed by atoms with Crippen LogP contribution in [-0.4, -0.2) is 38.0 Å². The van der Waals surface area contributed by atoms with E-state index in [-0.39, 0.29) is 0 Å². The average Bonchev–Trinajstić information content (AvgIpc) is 3.17. The Morgan fingerprint density at radius 3 is 2.79 bits per heavy atom. The molecule has 3 N–H and O–H groups in total. The van der Waals surface area contributed by atoms with Gasteiger partial charge in [0.1, 0.15) is 11.6 Å². The summed E-state index contributed by atoms with van der Waals surface area (Å²) in [5, 5.41) is 6.92. The highest BCUT2D eigenvalue weighted by Gasteiger charge is 2.18. The number of hydrogen-bond donors (Lipinski definition) is 3. The average molecular weight is 371 g/mol. The number of hydrogen-bond acceptors (Lipinski definition) is 6. The van der Waals surface area contributed by atoms with Gasteiger partial charge in [-0.1, -0.05) is 12.1 Å². The van der Waals surface area contributed by atoms with Gasteiger partial charge in [0, 0.05) is 43.0 Å². The Kier molecular flexibility index (Phi) is 4.42. The maximum absolute atomic E-state index is 4.82. The number of rotatable bonds is 5. The number of fused-ring (bicyclic) bond motifs is 2. The van der Waals surface area contributed by atoms with E-state index in [2.05, 4.69) is 25.6 Å². The number of nitrogens with zero attached hydrogens (tertiary/aromatic N) is 4. The third-order valence-electron chi connectivity index (χ3n) is 4.97. The van der Waals surface area contributed by atoms with Crippen LogP contribution in [0.25, 0.3) is 22.4 Å². The van der Waals surface area contributed by atoms with Gasteiger partial charge in [-0.25, -0.2) is 15.0 Å². The van der Waals surface area contributed by atoms with Gasteiger partial charge in [-0.05, 0) is 37.2 Å². The minimum absolute atomic E-state index is 0.732. The monoisotopic (exact) mass is 371 g/mol. The summed E-state index contributed by atoms with van der Waals surface area (Å²) in [7, 11) is 0. The molecule has 0 fully saturated rings. The zero-order valence-corrected chi connectivity index (χ0v) is 15.4. The van der Waals surface area contributed by atoms with Crippen molar-refractivity contribution >= 4 is 16.9 Å². The number of anilines is 1. The van der Waals surface area contributed by atoms with Crippen LogP contribution in [0.15, 0.2) is 48.8 Å². The second kappa shape index (κ2) is 7.36. The molecule has 0 atom stereocenters. The van der Waals surface area contributed by atoms with Crippen molar-refractivity contribution in [3.05, 3.63) is 65.9 Å². The first-order valence-corrected chi connectivity index (χ1v) is 9.55. The number of aromatic nitrogens is 5. The molecule has 0 saturated carbocycles. The van der Waals surface area contributed by atoms with E-state index in [1.54, 1.807) is 12.4 Å². The van der Waals surface area contributed by atoms with Crippen molar-refractivity contribution in [3.8, 4) is 11.4 Å². The Balaban J connectivity index is 1.38. The number of nitrogens with one attached hydrogen (secondary N) is 3. The molecule has 28 heavy (non-hydrogen) atoms. The van der Waals surface area contributed by atoms with Crippen molar-refractivity contribution in [3.63, 3.8) is 0 Å². The Labute approximate surface area is 162 Å². The molecular weight excluding hydrogens is 350 g/mol. The molecule has 0 unspecified atom stereocenters. The second-order valence-electron chi connectivity index (χ2n) is 6.86. The van der Waals surface area contributed by atoms with Gasteiger partial charge in [-0.2, -0.15) is 0 Å². The Bertz CT molecular complexity index is 1070.